The third-order valence-electron chi connectivity index (χ3n) is 2.96. The van der Waals surface area contributed by atoms with Crippen LogP contribution in [-0.4, -0.2) is 23.4 Å². The first kappa shape index (κ1) is 11.0. The van der Waals surface area contributed by atoms with E-state index in [2.05, 4.69) is 6.92 Å². The molecule has 0 amide bonds. The fraction of sp³-hybridized carbons (Fsp3) is 1.00. The van der Waals surface area contributed by atoms with Crippen LogP contribution in [0.4, 0.5) is 0 Å². The summed E-state index contributed by atoms with van der Waals surface area (Å²) in [5, 5.41) is 9.68. The lowest BCUT2D eigenvalue weighted by Crippen LogP contribution is -2.29. The van der Waals surface area contributed by atoms with E-state index in [1.54, 1.807) is 0 Å². The van der Waals surface area contributed by atoms with Crippen molar-refractivity contribution < 1.29 is 9.84 Å². The lowest BCUT2D eigenvalue weighted by Gasteiger charge is -2.17. The summed E-state index contributed by atoms with van der Waals surface area (Å²) in [6.07, 6.45) is 6.66. The van der Waals surface area contributed by atoms with E-state index in [1.165, 1.54) is 25.7 Å². The Morgan fingerprint density at radius 1 is 1.31 bits per heavy atom. The number of unbranched alkanes of at least 4 members (excludes halogenated alkanes) is 3. The lowest BCUT2D eigenvalue weighted by atomic mass is 9.94. The molecule has 0 bridgehead atoms. The van der Waals surface area contributed by atoms with Crippen LogP contribution in [0.2, 0.25) is 0 Å². The zero-order valence-electron chi connectivity index (χ0n) is 8.88. The normalized spacial score (nSPS) is 28.8. The van der Waals surface area contributed by atoms with Gasteiger partial charge in [-0.15, -0.1) is 0 Å². The van der Waals surface area contributed by atoms with Gasteiger partial charge in [0.1, 0.15) is 5.60 Å². The number of hydrogen-bond donors (Lipinski definition) is 1. The molecule has 0 aromatic carbocycles. The second-order valence-corrected chi connectivity index (χ2v) is 4.09. The van der Waals surface area contributed by atoms with Crippen molar-refractivity contribution in [2.45, 2.75) is 64.1 Å². The van der Waals surface area contributed by atoms with Crippen molar-refractivity contribution in [1.29, 1.82) is 0 Å². The summed E-state index contributed by atoms with van der Waals surface area (Å²) in [4.78, 5) is 0. The first-order valence-corrected chi connectivity index (χ1v) is 5.57. The van der Waals surface area contributed by atoms with Gasteiger partial charge in [0.05, 0.1) is 12.7 Å². The van der Waals surface area contributed by atoms with E-state index in [0.29, 0.717) is 0 Å². The summed E-state index contributed by atoms with van der Waals surface area (Å²) in [7, 11) is 0. The molecule has 2 unspecified atom stereocenters. The number of hydrogen-bond acceptors (Lipinski definition) is 2. The molecule has 1 aliphatic rings. The molecule has 0 aromatic rings. The fourth-order valence-electron chi connectivity index (χ4n) is 1.82. The fourth-order valence-corrected chi connectivity index (χ4v) is 1.82. The maximum Gasteiger partial charge on any atom is 0.117 e. The SMILES string of the molecule is CCCCCCC1(C(O)CC)CO1. The summed E-state index contributed by atoms with van der Waals surface area (Å²) in [6.45, 7) is 5.00. The van der Waals surface area contributed by atoms with Gasteiger partial charge in [-0.1, -0.05) is 39.5 Å². The van der Waals surface area contributed by atoms with Crippen LogP contribution in [0.25, 0.3) is 0 Å². The van der Waals surface area contributed by atoms with Gasteiger partial charge in [-0.3, -0.25) is 0 Å². The van der Waals surface area contributed by atoms with E-state index in [9.17, 15) is 5.11 Å². The van der Waals surface area contributed by atoms with Gasteiger partial charge < -0.3 is 9.84 Å². The molecule has 0 saturated carbocycles. The van der Waals surface area contributed by atoms with Crippen LogP contribution in [0.3, 0.4) is 0 Å². The zero-order chi connectivity index (χ0) is 9.73. The van der Waals surface area contributed by atoms with E-state index in [0.717, 1.165) is 19.4 Å². The van der Waals surface area contributed by atoms with Gasteiger partial charge in [-0.05, 0) is 12.8 Å². The molecule has 2 nitrogen and oxygen atoms in total. The maximum atomic E-state index is 9.68. The van der Waals surface area contributed by atoms with Crippen LogP contribution in [0.5, 0.6) is 0 Å². The molecule has 1 aliphatic heterocycles. The Hall–Kier alpha value is -0.0800. The van der Waals surface area contributed by atoms with Crippen molar-refractivity contribution in [1.82, 2.24) is 0 Å². The molecule has 0 aromatic heterocycles. The molecular formula is C11H22O2. The average molecular weight is 186 g/mol. The van der Waals surface area contributed by atoms with E-state index >= 15 is 0 Å². The first-order valence-electron chi connectivity index (χ1n) is 5.57. The Labute approximate surface area is 81.3 Å². The predicted octanol–water partition coefficient (Wildman–Crippen LogP) is 2.50. The van der Waals surface area contributed by atoms with Gasteiger partial charge >= 0.3 is 0 Å². The van der Waals surface area contributed by atoms with Crippen molar-refractivity contribution in [2.24, 2.45) is 0 Å². The number of aliphatic hydroxyl groups excluding tert-OH is 1. The molecule has 2 heteroatoms. The van der Waals surface area contributed by atoms with Crippen LogP contribution in [0.15, 0.2) is 0 Å². The highest BCUT2D eigenvalue weighted by Crippen LogP contribution is 2.37. The van der Waals surface area contributed by atoms with Crippen molar-refractivity contribution >= 4 is 0 Å². The van der Waals surface area contributed by atoms with Crippen molar-refractivity contribution in [3.05, 3.63) is 0 Å². The van der Waals surface area contributed by atoms with Gasteiger partial charge in [-0.25, -0.2) is 0 Å². The topological polar surface area (TPSA) is 32.8 Å². The Morgan fingerprint density at radius 3 is 2.46 bits per heavy atom. The third-order valence-corrected chi connectivity index (χ3v) is 2.96. The first-order chi connectivity index (χ1) is 6.25. The molecule has 0 aliphatic carbocycles. The van der Waals surface area contributed by atoms with Gasteiger partial charge in [0.15, 0.2) is 0 Å². The highest BCUT2D eigenvalue weighted by Gasteiger charge is 2.49. The summed E-state index contributed by atoms with van der Waals surface area (Å²) in [6, 6.07) is 0. The van der Waals surface area contributed by atoms with Crippen molar-refractivity contribution in [3.63, 3.8) is 0 Å². The van der Waals surface area contributed by atoms with Crippen LogP contribution >= 0.6 is 0 Å². The number of ether oxygens (including phenoxy) is 1. The molecule has 1 heterocycles. The largest absolute Gasteiger partial charge is 0.390 e. The maximum absolute atomic E-state index is 9.68. The van der Waals surface area contributed by atoms with E-state index in [4.69, 9.17) is 4.74 Å². The standard InChI is InChI=1S/C11H22O2/c1-3-5-6-7-8-11(9-13-11)10(12)4-2/h10,12H,3-9H2,1-2H3. The molecule has 1 rings (SSSR count). The summed E-state index contributed by atoms with van der Waals surface area (Å²) >= 11 is 0. The van der Waals surface area contributed by atoms with E-state index in [-0.39, 0.29) is 11.7 Å². The summed E-state index contributed by atoms with van der Waals surface area (Å²) in [5.74, 6) is 0. The minimum Gasteiger partial charge on any atom is -0.390 e. The molecule has 78 valence electrons. The van der Waals surface area contributed by atoms with E-state index < -0.39 is 0 Å². The highest BCUT2D eigenvalue weighted by molar-refractivity contribution is 4.97. The summed E-state index contributed by atoms with van der Waals surface area (Å²) in [5.41, 5.74) is -0.136. The highest BCUT2D eigenvalue weighted by atomic mass is 16.6. The van der Waals surface area contributed by atoms with Gasteiger partial charge in [0, 0.05) is 0 Å². The van der Waals surface area contributed by atoms with E-state index in [1.807, 2.05) is 6.92 Å². The molecule has 0 radical (unpaired) electrons. The molecule has 13 heavy (non-hydrogen) atoms. The molecule has 0 spiro atoms. The Balaban J connectivity index is 2.12. The Bertz CT molecular complexity index is 141. The Kier molecular flexibility index (Phi) is 4.20. The van der Waals surface area contributed by atoms with Gasteiger partial charge in [0.2, 0.25) is 0 Å². The van der Waals surface area contributed by atoms with Gasteiger partial charge in [0.25, 0.3) is 0 Å². The lowest BCUT2D eigenvalue weighted by molar-refractivity contribution is 0.0648. The monoisotopic (exact) mass is 186 g/mol. The van der Waals surface area contributed by atoms with Crippen LogP contribution in [0.1, 0.15) is 52.4 Å². The zero-order valence-corrected chi connectivity index (χ0v) is 8.88. The van der Waals surface area contributed by atoms with Crippen LogP contribution < -0.4 is 0 Å². The molecule has 2 atom stereocenters. The number of epoxide rings is 1. The average Bonchev–Trinajstić information content (AvgIpc) is 2.92. The number of rotatable bonds is 7. The van der Waals surface area contributed by atoms with Crippen molar-refractivity contribution in [3.8, 4) is 0 Å². The third kappa shape index (κ3) is 2.96. The second kappa shape index (κ2) is 4.97. The van der Waals surface area contributed by atoms with Crippen LogP contribution in [0, 0.1) is 0 Å². The molecule has 1 fully saturated rings. The minimum atomic E-state index is -0.242. The van der Waals surface area contributed by atoms with Crippen molar-refractivity contribution in [2.75, 3.05) is 6.61 Å². The van der Waals surface area contributed by atoms with Gasteiger partial charge in [-0.2, -0.15) is 0 Å². The summed E-state index contributed by atoms with van der Waals surface area (Å²) < 4.78 is 5.38. The molecule has 1 N–H and O–H groups in total. The Morgan fingerprint density at radius 2 is 2.00 bits per heavy atom. The molecule has 1 saturated heterocycles. The quantitative estimate of drug-likeness (QED) is 0.489. The predicted molar refractivity (Wildman–Crippen MR) is 53.7 cm³/mol. The second-order valence-electron chi connectivity index (χ2n) is 4.09. The van der Waals surface area contributed by atoms with Crippen LogP contribution in [-0.2, 0) is 4.74 Å². The smallest absolute Gasteiger partial charge is 0.117 e. The molecular weight excluding hydrogens is 164 g/mol. The number of aliphatic hydroxyl groups is 1. The minimum absolute atomic E-state index is 0.136.